The molecule has 0 radical (unpaired) electrons. The first-order chi connectivity index (χ1) is 16.9. The van der Waals surface area contributed by atoms with Crippen molar-refractivity contribution in [3.8, 4) is 17.2 Å². The van der Waals surface area contributed by atoms with E-state index < -0.39 is 23.9 Å². The van der Waals surface area contributed by atoms with Gasteiger partial charge < -0.3 is 19.1 Å². The van der Waals surface area contributed by atoms with E-state index in [0.717, 1.165) is 6.07 Å². The van der Waals surface area contributed by atoms with Crippen molar-refractivity contribution in [2.45, 2.75) is 32.7 Å². The Balaban J connectivity index is 1.81. The van der Waals surface area contributed by atoms with Gasteiger partial charge in [-0.2, -0.15) is 13.2 Å². The van der Waals surface area contributed by atoms with Crippen molar-refractivity contribution >= 4 is 40.2 Å². The van der Waals surface area contributed by atoms with Gasteiger partial charge in [0.25, 0.3) is 0 Å². The van der Waals surface area contributed by atoms with Crippen LogP contribution in [0, 0.1) is 6.92 Å². The maximum atomic E-state index is 13.5. The maximum absolute atomic E-state index is 13.5. The van der Waals surface area contributed by atoms with E-state index in [0.29, 0.717) is 38.2 Å². The van der Waals surface area contributed by atoms with E-state index in [2.05, 4.69) is 4.98 Å². The second kappa shape index (κ2) is 9.91. The smallest absolute Gasteiger partial charge is 0.433 e. The lowest BCUT2D eigenvalue weighted by molar-refractivity contribution is -0.144. The molecule has 1 atom stereocenters. The average Bonchev–Trinajstić information content (AvgIpc) is 3.07. The molecule has 0 fully saturated rings. The zero-order valence-corrected chi connectivity index (χ0v) is 20.4. The van der Waals surface area contributed by atoms with Crippen LogP contribution in [0.2, 0.25) is 10.0 Å². The zero-order chi connectivity index (χ0) is 26.2. The molecule has 2 aromatic carbocycles. The number of benzene rings is 2. The Kier molecular flexibility index (Phi) is 7.06. The van der Waals surface area contributed by atoms with Gasteiger partial charge in [0, 0.05) is 10.0 Å². The lowest BCUT2D eigenvalue weighted by Gasteiger charge is -2.14. The minimum absolute atomic E-state index is 0.0259. The number of ether oxygens (including phenoxy) is 2. The van der Waals surface area contributed by atoms with E-state index in [4.69, 9.17) is 37.8 Å². The lowest BCUT2D eigenvalue weighted by Crippen LogP contribution is -2.22. The van der Waals surface area contributed by atoms with Crippen molar-refractivity contribution in [3.05, 3.63) is 81.6 Å². The number of aliphatic carboxylic acids is 1. The molecular weight excluding hydrogens is 520 g/mol. The summed E-state index contributed by atoms with van der Waals surface area (Å²) < 4.78 is 53.4. The highest BCUT2D eigenvalue weighted by Gasteiger charge is 2.33. The molecule has 0 aliphatic heterocycles. The van der Waals surface area contributed by atoms with Gasteiger partial charge in [-0.05, 0) is 74.0 Å². The summed E-state index contributed by atoms with van der Waals surface area (Å²) in [7, 11) is 0. The van der Waals surface area contributed by atoms with Gasteiger partial charge in [-0.3, -0.25) is 0 Å². The second-order valence-electron chi connectivity index (χ2n) is 7.97. The maximum Gasteiger partial charge on any atom is 0.433 e. The van der Waals surface area contributed by atoms with Crippen LogP contribution in [-0.2, 0) is 17.5 Å². The molecule has 2 aromatic heterocycles. The van der Waals surface area contributed by atoms with Crippen molar-refractivity contribution in [1.29, 1.82) is 0 Å². The lowest BCUT2D eigenvalue weighted by atomic mass is 10.2. The molecule has 36 heavy (non-hydrogen) atoms. The standard InChI is InChI=1S/C25H19Cl2F3N2O4/c1-13-22(36-17-5-3-16(26)4-6-17)19-8-10-21(25(28,29)30)31-23(19)32(13)12-15-11-18(7-9-20(15)27)35-14(2)24(33)34/h3-11,14H,12H2,1-2H3,(H,33,34)/t14-/m0/s1. The Hall–Kier alpha value is -3.43. The first-order valence-electron chi connectivity index (χ1n) is 10.6. The van der Waals surface area contributed by atoms with Crippen LogP contribution in [-0.4, -0.2) is 26.7 Å². The number of fused-ring (bicyclic) bond motifs is 1. The third-order valence-electron chi connectivity index (χ3n) is 5.44. The van der Waals surface area contributed by atoms with Crippen LogP contribution in [0.25, 0.3) is 11.0 Å². The molecule has 0 unspecified atom stereocenters. The molecule has 0 aliphatic carbocycles. The molecule has 0 bridgehead atoms. The van der Waals surface area contributed by atoms with Gasteiger partial charge in [0.2, 0.25) is 0 Å². The monoisotopic (exact) mass is 538 g/mol. The number of carboxylic acid groups (broad SMARTS) is 1. The highest BCUT2D eigenvalue weighted by molar-refractivity contribution is 6.31. The minimum Gasteiger partial charge on any atom is -0.479 e. The number of aromatic nitrogens is 2. The number of carboxylic acids is 1. The van der Waals surface area contributed by atoms with Gasteiger partial charge in [-0.15, -0.1) is 0 Å². The van der Waals surface area contributed by atoms with E-state index in [1.54, 1.807) is 41.8 Å². The molecule has 6 nitrogen and oxygen atoms in total. The quantitative estimate of drug-likeness (QED) is 0.266. The summed E-state index contributed by atoms with van der Waals surface area (Å²) in [5.74, 6) is -0.124. The predicted molar refractivity (Wildman–Crippen MR) is 129 cm³/mol. The molecule has 4 rings (SSSR count). The Morgan fingerprint density at radius 1 is 1.08 bits per heavy atom. The zero-order valence-electron chi connectivity index (χ0n) is 18.9. The molecule has 0 spiro atoms. The summed E-state index contributed by atoms with van der Waals surface area (Å²) in [4.78, 5) is 15.0. The Morgan fingerprint density at radius 2 is 1.75 bits per heavy atom. The molecule has 0 saturated heterocycles. The van der Waals surface area contributed by atoms with Gasteiger partial charge in [0.1, 0.15) is 22.8 Å². The molecule has 0 aliphatic rings. The highest BCUT2D eigenvalue weighted by atomic mass is 35.5. The minimum atomic E-state index is -4.65. The summed E-state index contributed by atoms with van der Waals surface area (Å²) in [5, 5.41) is 10.3. The number of carbonyl (C=O) groups is 1. The number of pyridine rings is 1. The van der Waals surface area contributed by atoms with Gasteiger partial charge in [-0.25, -0.2) is 9.78 Å². The highest BCUT2D eigenvalue weighted by Crippen LogP contribution is 2.39. The SMILES string of the molecule is Cc1c(Oc2ccc(Cl)cc2)c2ccc(C(F)(F)F)nc2n1Cc1cc(O[C@@H](C)C(=O)O)ccc1Cl. The van der Waals surface area contributed by atoms with Crippen molar-refractivity contribution in [2.24, 2.45) is 0 Å². The second-order valence-corrected chi connectivity index (χ2v) is 8.82. The van der Waals surface area contributed by atoms with Crippen molar-refractivity contribution < 1.29 is 32.5 Å². The molecule has 4 aromatic rings. The first-order valence-corrected chi connectivity index (χ1v) is 11.4. The first kappa shape index (κ1) is 25.7. The number of hydrogen-bond donors (Lipinski definition) is 1. The van der Waals surface area contributed by atoms with E-state index >= 15 is 0 Å². The fraction of sp³-hybridized carbons (Fsp3) is 0.200. The summed E-state index contributed by atoms with van der Waals surface area (Å²) in [6.07, 6.45) is -5.75. The number of hydrogen-bond acceptors (Lipinski definition) is 4. The van der Waals surface area contributed by atoms with Crippen LogP contribution in [0.4, 0.5) is 13.2 Å². The number of nitrogens with zero attached hydrogens (tertiary/aromatic N) is 2. The molecule has 188 valence electrons. The Labute approximate surface area is 213 Å². The molecule has 11 heteroatoms. The Morgan fingerprint density at radius 3 is 2.39 bits per heavy atom. The van der Waals surface area contributed by atoms with E-state index in [9.17, 15) is 18.0 Å². The van der Waals surface area contributed by atoms with Crippen LogP contribution in [0.3, 0.4) is 0 Å². The third kappa shape index (κ3) is 5.37. The van der Waals surface area contributed by atoms with E-state index in [1.165, 1.54) is 25.1 Å². The van der Waals surface area contributed by atoms with Crippen LogP contribution >= 0.6 is 23.2 Å². The van der Waals surface area contributed by atoms with E-state index in [-0.39, 0.29) is 17.9 Å². The summed E-state index contributed by atoms with van der Waals surface area (Å²) in [6.45, 7) is 3.10. The van der Waals surface area contributed by atoms with Crippen LogP contribution in [0.1, 0.15) is 23.9 Å². The molecule has 2 heterocycles. The van der Waals surface area contributed by atoms with Gasteiger partial charge >= 0.3 is 12.1 Å². The molecule has 1 N–H and O–H groups in total. The van der Waals surface area contributed by atoms with Crippen molar-refractivity contribution in [3.63, 3.8) is 0 Å². The largest absolute Gasteiger partial charge is 0.479 e. The number of rotatable bonds is 7. The topological polar surface area (TPSA) is 73.6 Å². The predicted octanol–water partition coefficient (Wildman–Crippen LogP) is 7.36. The summed E-state index contributed by atoms with van der Waals surface area (Å²) in [5.41, 5.74) is -0.00471. The molecular formula is C25H19Cl2F3N2O4. The fourth-order valence-corrected chi connectivity index (χ4v) is 3.88. The van der Waals surface area contributed by atoms with Gasteiger partial charge in [0.05, 0.1) is 17.6 Å². The average molecular weight is 539 g/mol. The van der Waals surface area contributed by atoms with Crippen molar-refractivity contribution in [1.82, 2.24) is 9.55 Å². The van der Waals surface area contributed by atoms with Gasteiger partial charge in [0.15, 0.2) is 11.9 Å². The van der Waals surface area contributed by atoms with Gasteiger partial charge in [-0.1, -0.05) is 23.2 Å². The van der Waals surface area contributed by atoms with Crippen LogP contribution in [0.15, 0.2) is 54.6 Å². The number of halogens is 5. The Bertz CT molecular complexity index is 1440. The molecule has 0 amide bonds. The summed E-state index contributed by atoms with van der Waals surface area (Å²) >= 11 is 12.3. The third-order valence-corrected chi connectivity index (χ3v) is 6.06. The van der Waals surface area contributed by atoms with Crippen LogP contribution in [0.5, 0.6) is 17.2 Å². The fourth-order valence-electron chi connectivity index (χ4n) is 3.58. The number of alkyl halides is 3. The van der Waals surface area contributed by atoms with Crippen LogP contribution < -0.4 is 9.47 Å². The normalized spacial score (nSPS) is 12.5. The van der Waals surface area contributed by atoms with E-state index in [1.807, 2.05) is 0 Å². The van der Waals surface area contributed by atoms with Crippen molar-refractivity contribution in [2.75, 3.05) is 0 Å². The molecule has 0 saturated carbocycles. The summed E-state index contributed by atoms with van der Waals surface area (Å²) in [6, 6.07) is 13.4.